The van der Waals surface area contributed by atoms with Gasteiger partial charge in [-0.05, 0) is 44.6 Å². The third kappa shape index (κ3) is 2.54. The van der Waals surface area contributed by atoms with Crippen LogP contribution in [-0.4, -0.2) is 16.0 Å². The molecule has 1 fully saturated rings. The number of anilines is 1. The van der Waals surface area contributed by atoms with Gasteiger partial charge in [-0.1, -0.05) is 25.7 Å². The molecule has 0 saturated heterocycles. The van der Waals surface area contributed by atoms with E-state index in [1.807, 2.05) is 18.3 Å². The van der Waals surface area contributed by atoms with Gasteiger partial charge in [-0.25, -0.2) is 9.97 Å². The average molecular weight is 301 g/mol. The van der Waals surface area contributed by atoms with Gasteiger partial charge < -0.3 is 5.32 Å². The van der Waals surface area contributed by atoms with E-state index in [1.165, 1.54) is 73.6 Å². The molecule has 3 nitrogen and oxygen atoms in total. The Labute approximate surface area is 130 Å². The molecule has 2 aromatic heterocycles. The number of thiophene rings is 1. The van der Waals surface area contributed by atoms with E-state index in [2.05, 4.69) is 10.3 Å². The minimum Gasteiger partial charge on any atom is -0.367 e. The maximum atomic E-state index is 4.76. The van der Waals surface area contributed by atoms with Crippen molar-refractivity contribution in [1.82, 2.24) is 9.97 Å². The van der Waals surface area contributed by atoms with Gasteiger partial charge in [-0.3, -0.25) is 0 Å². The Kier molecular flexibility index (Phi) is 3.57. The first-order valence-corrected chi connectivity index (χ1v) is 9.18. The predicted molar refractivity (Wildman–Crippen MR) is 89.3 cm³/mol. The molecule has 0 bridgehead atoms. The van der Waals surface area contributed by atoms with Crippen LogP contribution in [0.5, 0.6) is 0 Å². The van der Waals surface area contributed by atoms with Gasteiger partial charge in [-0.2, -0.15) is 0 Å². The quantitative estimate of drug-likeness (QED) is 0.822. The molecule has 4 rings (SSSR count). The highest BCUT2D eigenvalue weighted by Gasteiger charge is 2.23. The minimum atomic E-state index is 0.599. The van der Waals surface area contributed by atoms with Crippen LogP contribution in [-0.2, 0) is 12.8 Å². The van der Waals surface area contributed by atoms with Gasteiger partial charge in [0, 0.05) is 10.9 Å². The Morgan fingerprint density at radius 1 is 1.00 bits per heavy atom. The average Bonchev–Trinajstić information content (AvgIpc) is 2.91. The van der Waals surface area contributed by atoms with Gasteiger partial charge in [0.25, 0.3) is 0 Å². The molecule has 0 aromatic carbocycles. The molecule has 0 unspecified atom stereocenters. The summed E-state index contributed by atoms with van der Waals surface area (Å²) in [5.41, 5.74) is 1.53. The molecule has 0 radical (unpaired) electrons. The minimum absolute atomic E-state index is 0.599. The van der Waals surface area contributed by atoms with Crippen molar-refractivity contribution in [2.45, 2.75) is 70.8 Å². The molecule has 0 amide bonds. The summed E-state index contributed by atoms with van der Waals surface area (Å²) in [4.78, 5) is 12.2. The van der Waals surface area contributed by atoms with Crippen LogP contribution in [0, 0.1) is 6.92 Å². The second-order valence-corrected chi connectivity index (χ2v) is 7.57. The molecule has 2 heterocycles. The molecule has 0 atom stereocenters. The zero-order chi connectivity index (χ0) is 14.2. The van der Waals surface area contributed by atoms with E-state index >= 15 is 0 Å². The van der Waals surface area contributed by atoms with Crippen molar-refractivity contribution in [2.75, 3.05) is 5.32 Å². The number of hydrogen-bond donors (Lipinski definition) is 1. The fraction of sp³-hybridized carbons (Fsp3) is 0.647. The number of rotatable bonds is 2. The van der Waals surface area contributed by atoms with Crippen LogP contribution in [0.25, 0.3) is 10.2 Å². The van der Waals surface area contributed by atoms with E-state index in [0.29, 0.717) is 6.04 Å². The largest absolute Gasteiger partial charge is 0.367 e. The van der Waals surface area contributed by atoms with Crippen molar-refractivity contribution < 1.29 is 0 Å². The number of nitrogens with one attached hydrogen (secondary N) is 1. The van der Waals surface area contributed by atoms with Crippen LogP contribution in [0.1, 0.15) is 61.2 Å². The van der Waals surface area contributed by atoms with Crippen molar-refractivity contribution in [3.63, 3.8) is 0 Å². The zero-order valence-corrected chi connectivity index (χ0v) is 13.6. The lowest BCUT2D eigenvalue weighted by Gasteiger charge is -2.18. The van der Waals surface area contributed by atoms with Crippen LogP contribution in [0.4, 0.5) is 5.82 Å². The van der Waals surface area contributed by atoms with Gasteiger partial charge in [0.05, 0.1) is 5.39 Å². The van der Waals surface area contributed by atoms with E-state index in [9.17, 15) is 0 Å². The SMILES string of the molecule is Cc1nc(NC2CCCCCC2)c2c3c(sc2n1)CCC3. The Morgan fingerprint density at radius 2 is 1.81 bits per heavy atom. The Bertz CT molecular complexity index is 654. The second kappa shape index (κ2) is 5.56. The zero-order valence-electron chi connectivity index (χ0n) is 12.7. The van der Waals surface area contributed by atoms with Gasteiger partial charge in [0.15, 0.2) is 0 Å². The molecule has 1 saturated carbocycles. The summed E-state index contributed by atoms with van der Waals surface area (Å²) in [6.07, 6.45) is 11.8. The van der Waals surface area contributed by atoms with Crippen molar-refractivity contribution in [2.24, 2.45) is 0 Å². The highest BCUT2D eigenvalue weighted by molar-refractivity contribution is 7.19. The van der Waals surface area contributed by atoms with Crippen LogP contribution in [0.2, 0.25) is 0 Å². The fourth-order valence-electron chi connectivity index (χ4n) is 3.82. The first-order chi connectivity index (χ1) is 10.3. The summed E-state index contributed by atoms with van der Waals surface area (Å²) < 4.78 is 0. The molecule has 21 heavy (non-hydrogen) atoms. The van der Waals surface area contributed by atoms with Crippen molar-refractivity contribution >= 4 is 27.4 Å². The summed E-state index contributed by atoms with van der Waals surface area (Å²) in [6, 6.07) is 0.599. The molecule has 2 aromatic rings. The number of hydrogen-bond acceptors (Lipinski definition) is 4. The summed E-state index contributed by atoms with van der Waals surface area (Å²) >= 11 is 1.89. The van der Waals surface area contributed by atoms with Crippen molar-refractivity contribution in [1.29, 1.82) is 0 Å². The van der Waals surface area contributed by atoms with Crippen molar-refractivity contribution in [3.05, 3.63) is 16.3 Å². The molecule has 4 heteroatoms. The third-order valence-corrected chi connectivity index (χ3v) is 6.06. The maximum absolute atomic E-state index is 4.76. The Hall–Kier alpha value is -1.16. The summed E-state index contributed by atoms with van der Waals surface area (Å²) in [5.74, 6) is 2.02. The van der Waals surface area contributed by atoms with E-state index in [-0.39, 0.29) is 0 Å². The Balaban J connectivity index is 1.72. The van der Waals surface area contributed by atoms with E-state index in [4.69, 9.17) is 4.98 Å². The lowest BCUT2D eigenvalue weighted by atomic mass is 10.1. The number of nitrogens with zero attached hydrogens (tertiary/aromatic N) is 2. The maximum Gasteiger partial charge on any atom is 0.139 e. The Morgan fingerprint density at radius 3 is 2.62 bits per heavy atom. The molecule has 0 spiro atoms. The van der Waals surface area contributed by atoms with Gasteiger partial charge in [0.1, 0.15) is 16.5 Å². The monoisotopic (exact) mass is 301 g/mol. The number of fused-ring (bicyclic) bond motifs is 3. The highest BCUT2D eigenvalue weighted by Crippen LogP contribution is 2.40. The van der Waals surface area contributed by atoms with Crippen LogP contribution in [0.3, 0.4) is 0 Å². The fourth-order valence-corrected chi connectivity index (χ4v) is 5.13. The van der Waals surface area contributed by atoms with Crippen LogP contribution >= 0.6 is 11.3 Å². The standard InChI is InChI=1S/C17H23N3S/c1-11-18-16(20-12-7-4-2-3-5-8-12)15-13-9-6-10-14(13)21-17(15)19-11/h12H,2-10H2,1H3,(H,18,19,20). The normalized spacial score (nSPS) is 19.7. The first kappa shape index (κ1) is 13.5. The molecule has 2 aliphatic carbocycles. The van der Waals surface area contributed by atoms with Gasteiger partial charge >= 0.3 is 0 Å². The lowest BCUT2D eigenvalue weighted by Crippen LogP contribution is -2.19. The topological polar surface area (TPSA) is 37.8 Å². The molecule has 2 aliphatic rings. The molecular formula is C17H23N3S. The molecule has 0 aliphatic heterocycles. The molecular weight excluding hydrogens is 278 g/mol. The highest BCUT2D eigenvalue weighted by atomic mass is 32.1. The van der Waals surface area contributed by atoms with E-state index in [1.54, 1.807) is 4.88 Å². The smallest absolute Gasteiger partial charge is 0.139 e. The third-order valence-electron chi connectivity index (χ3n) is 4.87. The van der Waals surface area contributed by atoms with Crippen LogP contribution in [0.15, 0.2) is 0 Å². The van der Waals surface area contributed by atoms with Gasteiger partial charge in [0.2, 0.25) is 0 Å². The summed E-state index contributed by atoms with van der Waals surface area (Å²) in [7, 11) is 0. The lowest BCUT2D eigenvalue weighted by molar-refractivity contribution is 0.618. The summed E-state index contributed by atoms with van der Waals surface area (Å²) in [5, 5.41) is 5.11. The van der Waals surface area contributed by atoms with E-state index < -0.39 is 0 Å². The van der Waals surface area contributed by atoms with Crippen molar-refractivity contribution in [3.8, 4) is 0 Å². The summed E-state index contributed by atoms with van der Waals surface area (Å²) in [6.45, 7) is 2.02. The predicted octanol–water partition coefficient (Wildman–Crippen LogP) is 4.62. The molecule has 112 valence electrons. The van der Waals surface area contributed by atoms with Crippen LogP contribution < -0.4 is 5.32 Å². The van der Waals surface area contributed by atoms with Gasteiger partial charge in [-0.15, -0.1) is 11.3 Å². The first-order valence-electron chi connectivity index (χ1n) is 8.36. The molecule has 1 N–H and O–H groups in total. The van der Waals surface area contributed by atoms with E-state index in [0.717, 1.165) is 11.6 Å². The number of aromatic nitrogens is 2. The second-order valence-electron chi connectivity index (χ2n) is 6.49. The number of aryl methyl sites for hydroxylation is 3.